The Morgan fingerprint density at radius 3 is 3.05 bits per heavy atom. The molecule has 0 amide bonds. The van der Waals surface area contributed by atoms with Crippen LogP contribution in [-0.4, -0.2) is 23.1 Å². The molecule has 0 radical (unpaired) electrons. The SMILES string of the molecule is Cc1cnc(Cl)nc1N1CCCOc2ccccc21. The van der Waals surface area contributed by atoms with Crippen LogP contribution < -0.4 is 9.64 Å². The number of aromatic nitrogens is 2. The summed E-state index contributed by atoms with van der Waals surface area (Å²) < 4.78 is 5.75. The number of hydrogen-bond donors (Lipinski definition) is 0. The number of nitrogens with zero attached hydrogens (tertiary/aromatic N) is 3. The fraction of sp³-hybridized carbons (Fsp3) is 0.286. The number of halogens is 1. The normalized spacial score (nSPS) is 14.5. The first-order valence-electron chi connectivity index (χ1n) is 6.24. The highest BCUT2D eigenvalue weighted by molar-refractivity contribution is 6.28. The average molecular weight is 276 g/mol. The predicted molar refractivity (Wildman–Crippen MR) is 75.3 cm³/mol. The molecule has 1 aromatic carbocycles. The molecule has 0 fully saturated rings. The van der Waals surface area contributed by atoms with E-state index in [2.05, 4.69) is 14.9 Å². The van der Waals surface area contributed by atoms with Crippen molar-refractivity contribution in [1.29, 1.82) is 0 Å². The van der Waals surface area contributed by atoms with Gasteiger partial charge in [-0.15, -0.1) is 0 Å². The third-order valence-corrected chi connectivity index (χ3v) is 3.29. The number of hydrogen-bond acceptors (Lipinski definition) is 4. The summed E-state index contributed by atoms with van der Waals surface area (Å²) in [5.41, 5.74) is 2.03. The number of aryl methyl sites for hydroxylation is 1. The van der Waals surface area contributed by atoms with Crippen LogP contribution >= 0.6 is 11.6 Å². The van der Waals surface area contributed by atoms with Gasteiger partial charge in [0.25, 0.3) is 0 Å². The molecule has 3 rings (SSSR count). The van der Waals surface area contributed by atoms with E-state index in [0.717, 1.165) is 35.8 Å². The zero-order chi connectivity index (χ0) is 13.2. The van der Waals surface area contributed by atoms with Crippen LogP contribution in [0.25, 0.3) is 0 Å². The van der Waals surface area contributed by atoms with Crippen LogP contribution in [0.1, 0.15) is 12.0 Å². The van der Waals surface area contributed by atoms with Gasteiger partial charge in [0.1, 0.15) is 11.6 Å². The molecule has 19 heavy (non-hydrogen) atoms. The zero-order valence-electron chi connectivity index (χ0n) is 10.6. The monoisotopic (exact) mass is 275 g/mol. The number of benzene rings is 1. The van der Waals surface area contributed by atoms with Crippen molar-refractivity contribution in [2.75, 3.05) is 18.1 Å². The van der Waals surface area contributed by atoms with Crippen molar-refractivity contribution in [2.24, 2.45) is 0 Å². The van der Waals surface area contributed by atoms with Crippen molar-refractivity contribution in [2.45, 2.75) is 13.3 Å². The highest BCUT2D eigenvalue weighted by Crippen LogP contribution is 2.36. The first kappa shape index (κ1) is 12.2. The van der Waals surface area contributed by atoms with E-state index in [0.29, 0.717) is 6.61 Å². The second-order valence-electron chi connectivity index (χ2n) is 4.47. The third kappa shape index (κ3) is 2.36. The van der Waals surface area contributed by atoms with E-state index in [1.54, 1.807) is 6.20 Å². The highest BCUT2D eigenvalue weighted by atomic mass is 35.5. The molecule has 0 unspecified atom stereocenters. The molecule has 0 bridgehead atoms. The Labute approximate surface area is 117 Å². The molecule has 1 aliphatic rings. The summed E-state index contributed by atoms with van der Waals surface area (Å²) in [6.45, 7) is 3.55. The van der Waals surface area contributed by atoms with Crippen molar-refractivity contribution in [3.05, 3.63) is 41.3 Å². The van der Waals surface area contributed by atoms with Gasteiger partial charge in [-0.2, -0.15) is 4.98 Å². The van der Waals surface area contributed by atoms with Crippen molar-refractivity contribution < 1.29 is 4.74 Å². The molecular formula is C14H14ClN3O. The smallest absolute Gasteiger partial charge is 0.224 e. The quantitative estimate of drug-likeness (QED) is 0.748. The van der Waals surface area contributed by atoms with Crippen molar-refractivity contribution in [3.63, 3.8) is 0 Å². The number of anilines is 2. The lowest BCUT2D eigenvalue weighted by Crippen LogP contribution is -2.20. The molecule has 0 spiro atoms. The van der Waals surface area contributed by atoms with Gasteiger partial charge >= 0.3 is 0 Å². The maximum absolute atomic E-state index is 5.92. The van der Waals surface area contributed by atoms with Crippen LogP contribution in [-0.2, 0) is 0 Å². The number of para-hydroxylation sites is 2. The van der Waals surface area contributed by atoms with E-state index in [-0.39, 0.29) is 5.28 Å². The molecular weight excluding hydrogens is 262 g/mol. The molecule has 2 aromatic rings. The van der Waals surface area contributed by atoms with Gasteiger partial charge in [-0.25, -0.2) is 4.98 Å². The van der Waals surface area contributed by atoms with Gasteiger partial charge in [0, 0.05) is 18.3 Å². The molecule has 0 aliphatic carbocycles. The van der Waals surface area contributed by atoms with Gasteiger partial charge in [0.2, 0.25) is 5.28 Å². The van der Waals surface area contributed by atoms with Gasteiger partial charge in [0.15, 0.2) is 0 Å². The first-order chi connectivity index (χ1) is 9.25. The molecule has 5 heteroatoms. The lowest BCUT2D eigenvalue weighted by atomic mass is 10.2. The first-order valence-corrected chi connectivity index (χ1v) is 6.62. The van der Waals surface area contributed by atoms with E-state index in [1.165, 1.54) is 0 Å². The average Bonchev–Trinajstić information content (AvgIpc) is 2.64. The van der Waals surface area contributed by atoms with Crippen LogP contribution in [0.3, 0.4) is 0 Å². The Morgan fingerprint density at radius 2 is 2.16 bits per heavy atom. The molecule has 4 nitrogen and oxygen atoms in total. The summed E-state index contributed by atoms with van der Waals surface area (Å²) in [5, 5.41) is 0.267. The van der Waals surface area contributed by atoms with E-state index < -0.39 is 0 Å². The Kier molecular flexibility index (Phi) is 3.25. The molecule has 0 atom stereocenters. The summed E-state index contributed by atoms with van der Waals surface area (Å²) in [5.74, 6) is 1.73. The maximum Gasteiger partial charge on any atom is 0.224 e. The highest BCUT2D eigenvalue weighted by Gasteiger charge is 2.20. The van der Waals surface area contributed by atoms with Crippen molar-refractivity contribution in [1.82, 2.24) is 9.97 Å². The standard InChI is InChI=1S/C14H14ClN3O/c1-10-9-16-14(15)17-13(10)18-7-4-8-19-12-6-3-2-5-11(12)18/h2-3,5-6,9H,4,7-8H2,1H3. The van der Waals surface area contributed by atoms with Gasteiger partial charge in [-0.1, -0.05) is 12.1 Å². The largest absolute Gasteiger partial charge is 0.491 e. The molecule has 0 N–H and O–H groups in total. The fourth-order valence-corrected chi connectivity index (χ4v) is 2.36. The summed E-state index contributed by atoms with van der Waals surface area (Å²) in [7, 11) is 0. The van der Waals surface area contributed by atoms with Crippen LogP contribution in [0, 0.1) is 6.92 Å². The van der Waals surface area contributed by atoms with E-state index >= 15 is 0 Å². The van der Waals surface area contributed by atoms with E-state index in [9.17, 15) is 0 Å². The van der Waals surface area contributed by atoms with Crippen molar-refractivity contribution in [3.8, 4) is 5.75 Å². The minimum absolute atomic E-state index is 0.267. The molecule has 1 aromatic heterocycles. The summed E-state index contributed by atoms with van der Waals surface area (Å²) in [6.07, 6.45) is 2.69. The molecule has 0 saturated heterocycles. The molecule has 0 saturated carbocycles. The third-order valence-electron chi connectivity index (χ3n) is 3.11. The van der Waals surface area contributed by atoms with Crippen LogP contribution in [0.5, 0.6) is 5.75 Å². The summed E-state index contributed by atoms with van der Waals surface area (Å²) in [4.78, 5) is 10.5. The van der Waals surface area contributed by atoms with E-state index in [1.807, 2.05) is 31.2 Å². The Morgan fingerprint density at radius 1 is 1.32 bits per heavy atom. The minimum Gasteiger partial charge on any atom is -0.491 e. The Bertz CT molecular complexity index is 603. The van der Waals surface area contributed by atoms with E-state index in [4.69, 9.17) is 16.3 Å². The summed E-state index contributed by atoms with van der Waals surface area (Å²) >= 11 is 5.92. The lowest BCUT2D eigenvalue weighted by Gasteiger charge is -2.24. The molecule has 98 valence electrons. The molecule has 2 heterocycles. The summed E-state index contributed by atoms with van der Waals surface area (Å²) in [6, 6.07) is 7.99. The second-order valence-corrected chi connectivity index (χ2v) is 4.81. The topological polar surface area (TPSA) is 38.2 Å². The van der Waals surface area contributed by atoms with Gasteiger partial charge in [-0.3, -0.25) is 0 Å². The van der Waals surface area contributed by atoms with Gasteiger partial charge < -0.3 is 9.64 Å². The van der Waals surface area contributed by atoms with Crippen LogP contribution in [0.15, 0.2) is 30.5 Å². The minimum atomic E-state index is 0.267. The number of fused-ring (bicyclic) bond motifs is 1. The van der Waals surface area contributed by atoms with Crippen LogP contribution in [0.4, 0.5) is 11.5 Å². The lowest BCUT2D eigenvalue weighted by molar-refractivity contribution is 0.322. The van der Waals surface area contributed by atoms with Crippen molar-refractivity contribution >= 4 is 23.1 Å². The predicted octanol–water partition coefficient (Wildman–Crippen LogP) is 3.36. The Balaban J connectivity index is 2.11. The van der Waals surface area contributed by atoms with Gasteiger partial charge in [0.05, 0.1) is 12.3 Å². The molecule has 1 aliphatic heterocycles. The number of ether oxygens (including phenoxy) is 1. The fourth-order valence-electron chi connectivity index (χ4n) is 2.23. The zero-order valence-corrected chi connectivity index (χ0v) is 11.4. The van der Waals surface area contributed by atoms with Crippen LogP contribution in [0.2, 0.25) is 5.28 Å². The maximum atomic E-state index is 5.92. The number of rotatable bonds is 1. The second kappa shape index (κ2) is 5.05. The Hall–Kier alpha value is -1.81. The van der Waals surface area contributed by atoms with Gasteiger partial charge in [-0.05, 0) is 37.1 Å².